The van der Waals surface area contributed by atoms with E-state index in [2.05, 4.69) is 34.6 Å². The van der Waals surface area contributed by atoms with Crippen molar-refractivity contribution < 1.29 is 9.21 Å². The quantitative estimate of drug-likeness (QED) is 0.294. The molecule has 0 bridgehead atoms. The lowest BCUT2D eigenvalue weighted by Crippen LogP contribution is -2.16. The van der Waals surface area contributed by atoms with Crippen molar-refractivity contribution in [1.29, 1.82) is 0 Å². The molecule has 0 saturated heterocycles. The summed E-state index contributed by atoms with van der Waals surface area (Å²) in [6, 6.07) is 33.0. The minimum absolute atomic E-state index is 0.0316. The second-order valence-corrected chi connectivity index (χ2v) is 8.27. The predicted octanol–water partition coefficient (Wildman–Crippen LogP) is 7.31. The molecular weight excluding hydrogens is 432 g/mol. The molecule has 1 heterocycles. The number of rotatable bonds is 6. The van der Waals surface area contributed by atoms with E-state index in [4.69, 9.17) is 16.0 Å². The Morgan fingerprint density at radius 2 is 1.55 bits per heavy atom. The number of benzene rings is 4. The van der Waals surface area contributed by atoms with Crippen molar-refractivity contribution in [2.45, 2.75) is 12.3 Å². The molecule has 0 unspecified atom stereocenters. The number of hydrogen-bond donors (Lipinski definition) is 1. The molecule has 5 rings (SSSR count). The fraction of sp³-hybridized carbons (Fsp3) is 0.0714. The van der Waals surface area contributed by atoms with Crippen LogP contribution < -0.4 is 5.32 Å². The summed E-state index contributed by atoms with van der Waals surface area (Å²) in [7, 11) is 0. The second-order valence-electron chi connectivity index (χ2n) is 7.84. The molecule has 0 atom stereocenters. The van der Waals surface area contributed by atoms with Crippen molar-refractivity contribution >= 4 is 34.3 Å². The van der Waals surface area contributed by atoms with Gasteiger partial charge in [0.15, 0.2) is 5.58 Å². The Kier molecular flexibility index (Phi) is 5.92. The molecule has 1 N–H and O–H groups in total. The third-order valence-corrected chi connectivity index (χ3v) is 5.77. The number of carbonyl (C=O) groups is 1. The Morgan fingerprint density at radius 3 is 2.21 bits per heavy atom. The van der Waals surface area contributed by atoms with Crippen LogP contribution in [0.15, 0.2) is 108 Å². The van der Waals surface area contributed by atoms with Crippen LogP contribution in [0, 0.1) is 0 Å². The first-order valence-corrected chi connectivity index (χ1v) is 11.1. The molecule has 5 aromatic rings. The lowest BCUT2D eigenvalue weighted by atomic mass is 9.88. The highest BCUT2D eigenvalue weighted by molar-refractivity contribution is 6.30. The summed E-state index contributed by atoms with van der Waals surface area (Å²) in [5.41, 5.74) is 5.00. The first-order valence-electron chi connectivity index (χ1n) is 10.7. The topological polar surface area (TPSA) is 55.1 Å². The van der Waals surface area contributed by atoms with Crippen LogP contribution in [0.25, 0.3) is 22.6 Å². The van der Waals surface area contributed by atoms with E-state index in [0.29, 0.717) is 28.6 Å². The van der Waals surface area contributed by atoms with E-state index in [1.54, 1.807) is 12.1 Å². The molecular formula is C28H21ClN2O2. The van der Waals surface area contributed by atoms with Gasteiger partial charge in [-0.3, -0.25) is 4.79 Å². The molecule has 0 aliphatic rings. The summed E-state index contributed by atoms with van der Waals surface area (Å²) in [5.74, 6) is 0.390. The number of halogens is 1. The fourth-order valence-corrected chi connectivity index (χ4v) is 4.13. The summed E-state index contributed by atoms with van der Waals surface area (Å²) in [5, 5.41) is 3.63. The van der Waals surface area contributed by atoms with E-state index in [1.165, 1.54) is 0 Å². The summed E-state index contributed by atoms with van der Waals surface area (Å²) < 4.78 is 5.93. The van der Waals surface area contributed by atoms with Gasteiger partial charge in [-0.05, 0) is 41.5 Å². The van der Waals surface area contributed by atoms with Crippen LogP contribution in [0.5, 0.6) is 0 Å². The highest BCUT2D eigenvalue weighted by atomic mass is 35.5. The molecule has 0 spiro atoms. The third-order valence-electron chi connectivity index (χ3n) is 5.54. The zero-order valence-corrected chi connectivity index (χ0v) is 18.5. The SMILES string of the molecule is O=C(CC(c1ccccc1)c1ccccc1)Nc1ccc2nc(-c3cccc(Cl)c3)oc2c1. The second kappa shape index (κ2) is 9.31. The monoisotopic (exact) mass is 452 g/mol. The standard InChI is InChI=1S/C28H21ClN2O2/c29-22-13-7-12-21(16-22)28-31-25-15-14-23(17-26(25)33-28)30-27(32)18-24(19-8-3-1-4-9-19)20-10-5-2-6-11-20/h1-17,24H,18H2,(H,30,32). The lowest BCUT2D eigenvalue weighted by Gasteiger charge is -2.18. The molecule has 1 aromatic heterocycles. The van der Waals surface area contributed by atoms with E-state index in [9.17, 15) is 4.79 Å². The van der Waals surface area contributed by atoms with Crippen molar-refractivity contribution in [2.24, 2.45) is 0 Å². The van der Waals surface area contributed by atoms with Gasteiger partial charge in [0.1, 0.15) is 5.52 Å². The van der Waals surface area contributed by atoms with E-state index in [1.807, 2.05) is 66.7 Å². The van der Waals surface area contributed by atoms with E-state index in [0.717, 1.165) is 22.2 Å². The summed E-state index contributed by atoms with van der Waals surface area (Å²) >= 11 is 6.09. The van der Waals surface area contributed by atoms with Gasteiger partial charge in [-0.15, -0.1) is 0 Å². The minimum Gasteiger partial charge on any atom is -0.436 e. The lowest BCUT2D eigenvalue weighted by molar-refractivity contribution is -0.116. The van der Waals surface area contributed by atoms with Crippen LogP contribution in [-0.4, -0.2) is 10.9 Å². The Morgan fingerprint density at radius 1 is 0.848 bits per heavy atom. The number of fused-ring (bicyclic) bond motifs is 1. The van der Waals surface area contributed by atoms with Crippen LogP contribution in [0.1, 0.15) is 23.5 Å². The maximum Gasteiger partial charge on any atom is 0.227 e. The Bertz CT molecular complexity index is 1360. The molecule has 4 nitrogen and oxygen atoms in total. The number of aromatic nitrogens is 1. The number of hydrogen-bond acceptors (Lipinski definition) is 3. The highest BCUT2D eigenvalue weighted by Crippen LogP contribution is 2.30. The average molecular weight is 453 g/mol. The van der Waals surface area contributed by atoms with Gasteiger partial charge in [0.2, 0.25) is 11.8 Å². The largest absolute Gasteiger partial charge is 0.436 e. The normalized spacial score (nSPS) is 11.1. The maximum absolute atomic E-state index is 13.0. The molecule has 0 saturated carbocycles. The maximum atomic E-state index is 13.0. The number of oxazole rings is 1. The van der Waals surface area contributed by atoms with Crippen LogP contribution >= 0.6 is 11.6 Å². The van der Waals surface area contributed by atoms with Crippen molar-refractivity contribution in [2.75, 3.05) is 5.32 Å². The van der Waals surface area contributed by atoms with Gasteiger partial charge >= 0.3 is 0 Å². The molecule has 5 heteroatoms. The Labute approximate surface area is 196 Å². The van der Waals surface area contributed by atoms with E-state index in [-0.39, 0.29) is 11.8 Å². The van der Waals surface area contributed by atoms with Crippen LogP contribution in [0.4, 0.5) is 5.69 Å². The van der Waals surface area contributed by atoms with Crippen molar-refractivity contribution in [1.82, 2.24) is 4.98 Å². The number of nitrogens with zero attached hydrogens (tertiary/aromatic N) is 1. The number of amides is 1. The molecule has 0 aliphatic carbocycles. The Hall–Kier alpha value is -3.89. The third kappa shape index (κ3) is 4.81. The highest BCUT2D eigenvalue weighted by Gasteiger charge is 2.18. The van der Waals surface area contributed by atoms with Crippen LogP contribution in [0.3, 0.4) is 0 Å². The average Bonchev–Trinajstić information content (AvgIpc) is 3.27. The number of carbonyl (C=O) groups excluding carboxylic acids is 1. The van der Waals surface area contributed by atoms with E-state index >= 15 is 0 Å². The molecule has 0 radical (unpaired) electrons. The predicted molar refractivity (Wildman–Crippen MR) is 132 cm³/mol. The first kappa shape index (κ1) is 21.0. The van der Waals surface area contributed by atoms with Crippen molar-refractivity contribution in [3.63, 3.8) is 0 Å². The Balaban J connectivity index is 1.36. The fourth-order valence-electron chi connectivity index (χ4n) is 3.94. The van der Waals surface area contributed by atoms with Gasteiger partial charge in [0, 0.05) is 34.7 Å². The van der Waals surface area contributed by atoms with Crippen LogP contribution in [-0.2, 0) is 4.79 Å². The smallest absolute Gasteiger partial charge is 0.227 e. The van der Waals surface area contributed by atoms with Crippen LogP contribution in [0.2, 0.25) is 5.02 Å². The zero-order chi connectivity index (χ0) is 22.6. The van der Waals surface area contributed by atoms with Gasteiger partial charge in [-0.1, -0.05) is 78.3 Å². The van der Waals surface area contributed by atoms with Crippen molar-refractivity contribution in [3.05, 3.63) is 119 Å². The minimum atomic E-state index is -0.0679. The molecule has 1 amide bonds. The zero-order valence-electron chi connectivity index (χ0n) is 17.7. The summed E-state index contributed by atoms with van der Waals surface area (Å²) in [4.78, 5) is 17.5. The summed E-state index contributed by atoms with van der Waals surface area (Å²) in [6.45, 7) is 0. The molecule has 4 aromatic carbocycles. The number of anilines is 1. The van der Waals surface area contributed by atoms with E-state index < -0.39 is 0 Å². The molecule has 33 heavy (non-hydrogen) atoms. The van der Waals surface area contributed by atoms with Gasteiger partial charge in [0.05, 0.1) is 0 Å². The van der Waals surface area contributed by atoms with Crippen molar-refractivity contribution in [3.8, 4) is 11.5 Å². The number of nitrogens with one attached hydrogen (secondary N) is 1. The molecule has 0 aliphatic heterocycles. The molecule has 0 fully saturated rings. The molecule has 162 valence electrons. The van der Waals surface area contributed by atoms with Gasteiger partial charge in [-0.25, -0.2) is 4.98 Å². The van der Waals surface area contributed by atoms with Gasteiger partial charge < -0.3 is 9.73 Å². The first-order chi connectivity index (χ1) is 16.2. The van der Waals surface area contributed by atoms with Gasteiger partial charge in [0.25, 0.3) is 0 Å². The summed E-state index contributed by atoms with van der Waals surface area (Å²) in [6.07, 6.45) is 0.330. The van der Waals surface area contributed by atoms with Gasteiger partial charge in [-0.2, -0.15) is 0 Å².